The Hall–Kier alpha value is -3.91. The normalized spacial score (nSPS) is 11.4. The molecule has 6 aromatic rings. The molecule has 4 aromatic heterocycles. The summed E-state index contributed by atoms with van der Waals surface area (Å²) in [6.07, 6.45) is 0. The molecule has 6 rings (SSSR count). The lowest BCUT2D eigenvalue weighted by molar-refractivity contribution is 0.952. The van der Waals surface area contributed by atoms with Crippen LogP contribution in [0.25, 0.3) is 49.3 Å². The molecule has 0 unspecified atom stereocenters. The van der Waals surface area contributed by atoms with Crippen LogP contribution in [-0.2, 0) is 0 Å². The molecule has 0 fully saturated rings. The summed E-state index contributed by atoms with van der Waals surface area (Å²) >= 11 is 1.46. The second-order valence-electron chi connectivity index (χ2n) is 6.55. The van der Waals surface area contributed by atoms with Crippen LogP contribution in [0.15, 0.2) is 72.8 Å². The fourth-order valence-electron chi connectivity index (χ4n) is 3.27. The second-order valence-corrected chi connectivity index (χ2v) is 7.50. The van der Waals surface area contributed by atoms with Crippen molar-refractivity contribution in [1.29, 1.82) is 0 Å². The zero-order valence-corrected chi connectivity index (χ0v) is 15.8. The number of hydrogen-bond donors (Lipinski definition) is 1. The Kier molecular flexibility index (Phi) is 3.50. The maximum atomic E-state index is 4.73. The SMILES string of the molecule is c1ccc(-c2cc(-c3nnc4sc(-c5ccc6ccccc6n5)nn34)[nH]n2)cc1. The monoisotopic (exact) mass is 395 g/mol. The number of benzene rings is 2. The van der Waals surface area contributed by atoms with E-state index < -0.39 is 0 Å². The number of nitrogens with zero attached hydrogens (tertiary/aromatic N) is 6. The molecule has 1 N–H and O–H groups in total. The molecule has 0 atom stereocenters. The van der Waals surface area contributed by atoms with E-state index in [-0.39, 0.29) is 0 Å². The molecule has 0 radical (unpaired) electrons. The van der Waals surface area contributed by atoms with Gasteiger partial charge in [-0.15, -0.1) is 10.2 Å². The van der Waals surface area contributed by atoms with Gasteiger partial charge in [0.05, 0.1) is 11.2 Å². The van der Waals surface area contributed by atoms with Gasteiger partial charge in [0, 0.05) is 10.9 Å². The summed E-state index contributed by atoms with van der Waals surface area (Å²) in [6.45, 7) is 0. The molecule has 7 nitrogen and oxygen atoms in total. The maximum Gasteiger partial charge on any atom is 0.235 e. The Labute approximate surface area is 168 Å². The largest absolute Gasteiger partial charge is 0.274 e. The van der Waals surface area contributed by atoms with Crippen molar-refractivity contribution < 1.29 is 0 Å². The van der Waals surface area contributed by atoms with Crippen molar-refractivity contribution >= 4 is 27.2 Å². The van der Waals surface area contributed by atoms with Crippen LogP contribution >= 0.6 is 11.3 Å². The van der Waals surface area contributed by atoms with Gasteiger partial charge in [0.2, 0.25) is 10.8 Å². The first-order valence-electron chi connectivity index (χ1n) is 9.05. The van der Waals surface area contributed by atoms with E-state index in [4.69, 9.17) is 10.1 Å². The van der Waals surface area contributed by atoms with Gasteiger partial charge in [0.15, 0.2) is 5.01 Å². The van der Waals surface area contributed by atoms with E-state index in [1.807, 2.05) is 66.7 Å². The molecule has 4 heterocycles. The molecule has 0 aliphatic heterocycles. The molecular formula is C21H13N7S. The summed E-state index contributed by atoms with van der Waals surface area (Å²) in [5.41, 5.74) is 4.41. The van der Waals surface area contributed by atoms with Gasteiger partial charge < -0.3 is 0 Å². The Balaban J connectivity index is 1.42. The Morgan fingerprint density at radius 3 is 2.62 bits per heavy atom. The smallest absolute Gasteiger partial charge is 0.235 e. The lowest BCUT2D eigenvalue weighted by atomic mass is 10.1. The van der Waals surface area contributed by atoms with E-state index in [9.17, 15) is 0 Å². The van der Waals surface area contributed by atoms with Gasteiger partial charge in [-0.05, 0) is 18.2 Å². The first-order valence-corrected chi connectivity index (χ1v) is 9.86. The van der Waals surface area contributed by atoms with Gasteiger partial charge in [-0.25, -0.2) is 4.98 Å². The Morgan fingerprint density at radius 2 is 1.69 bits per heavy atom. The van der Waals surface area contributed by atoms with Crippen molar-refractivity contribution in [2.75, 3.05) is 0 Å². The van der Waals surface area contributed by atoms with Crippen LogP contribution < -0.4 is 0 Å². The molecule has 0 saturated carbocycles. The molecular weight excluding hydrogens is 382 g/mol. The predicted octanol–water partition coefficient (Wildman–Crippen LogP) is 4.46. The summed E-state index contributed by atoms with van der Waals surface area (Å²) in [5.74, 6) is 0.623. The minimum Gasteiger partial charge on any atom is -0.274 e. The number of pyridine rings is 1. The van der Waals surface area contributed by atoms with Crippen LogP contribution in [0.5, 0.6) is 0 Å². The average Bonchev–Trinajstić information content (AvgIpc) is 3.50. The van der Waals surface area contributed by atoms with Crippen molar-refractivity contribution in [3.05, 3.63) is 72.8 Å². The van der Waals surface area contributed by atoms with E-state index in [1.165, 1.54) is 11.3 Å². The minimum absolute atomic E-state index is 0.623. The van der Waals surface area contributed by atoms with E-state index in [2.05, 4.69) is 26.5 Å². The van der Waals surface area contributed by atoms with E-state index in [1.54, 1.807) is 4.52 Å². The van der Waals surface area contributed by atoms with E-state index in [0.29, 0.717) is 10.8 Å². The fraction of sp³-hybridized carbons (Fsp3) is 0. The Bertz CT molecular complexity index is 1460. The summed E-state index contributed by atoms with van der Waals surface area (Å²) < 4.78 is 1.74. The topological polar surface area (TPSA) is 84.6 Å². The molecule has 2 aromatic carbocycles. The molecule has 0 aliphatic carbocycles. The maximum absolute atomic E-state index is 4.73. The van der Waals surface area contributed by atoms with Gasteiger partial charge >= 0.3 is 0 Å². The first kappa shape index (κ1) is 16.1. The lowest BCUT2D eigenvalue weighted by Crippen LogP contribution is -1.92. The highest BCUT2D eigenvalue weighted by molar-refractivity contribution is 7.19. The van der Waals surface area contributed by atoms with Crippen molar-refractivity contribution in [2.45, 2.75) is 0 Å². The van der Waals surface area contributed by atoms with Gasteiger partial charge in [-0.2, -0.15) is 14.7 Å². The number of nitrogens with one attached hydrogen (secondary N) is 1. The zero-order chi connectivity index (χ0) is 19.2. The highest BCUT2D eigenvalue weighted by atomic mass is 32.1. The predicted molar refractivity (Wildman–Crippen MR) is 112 cm³/mol. The third-order valence-electron chi connectivity index (χ3n) is 4.70. The summed E-state index contributed by atoms with van der Waals surface area (Å²) in [4.78, 5) is 5.44. The van der Waals surface area contributed by atoms with E-state index >= 15 is 0 Å². The quantitative estimate of drug-likeness (QED) is 0.478. The van der Waals surface area contributed by atoms with Gasteiger partial charge in [-0.3, -0.25) is 5.10 Å². The number of aromatic nitrogens is 7. The van der Waals surface area contributed by atoms with Crippen LogP contribution in [-0.4, -0.2) is 35.0 Å². The minimum atomic E-state index is 0.623. The van der Waals surface area contributed by atoms with Crippen LogP contribution in [0.4, 0.5) is 0 Å². The van der Waals surface area contributed by atoms with Crippen LogP contribution in [0.2, 0.25) is 0 Å². The molecule has 0 saturated heterocycles. The highest BCUT2D eigenvalue weighted by Gasteiger charge is 2.17. The number of H-pyrrole nitrogens is 1. The van der Waals surface area contributed by atoms with Gasteiger partial charge in [0.1, 0.15) is 11.4 Å². The van der Waals surface area contributed by atoms with Crippen molar-refractivity contribution in [3.63, 3.8) is 0 Å². The van der Waals surface area contributed by atoms with Gasteiger partial charge in [0.25, 0.3) is 0 Å². The van der Waals surface area contributed by atoms with Gasteiger partial charge in [-0.1, -0.05) is 65.9 Å². The van der Waals surface area contributed by atoms with Crippen molar-refractivity contribution in [2.24, 2.45) is 0 Å². The molecule has 8 heteroatoms. The number of rotatable bonds is 3. The molecule has 138 valence electrons. The average molecular weight is 395 g/mol. The first-order chi connectivity index (χ1) is 14.3. The molecule has 0 spiro atoms. The zero-order valence-electron chi connectivity index (χ0n) is 15.0. The standard InChI is InChI=1S/C21H13N7S/c1-2-6-13(7-3-1)17-12-18(24-23-17)19-25-26-21-28(19)27-20(29-21)16-11-10-14-8-4-5-9-15(14)22-16/h1-12H,(H,23,24). The van der Waals surface area contributed by atoms with Crippen LogP contribution in [0.1, 0.15) is 0 Å². The van der Waals surface area contributed by atoms with Crippen molar-refractivity contribution in [1.82, 2.24) is 35.0 Å². The lowest BCUT2D eigenvalue weighted by Gasteiger charge is -1.99. The molecule has 0 aliphatic rings. The van der Waals surface area contributed by atoms with Crippen LogP contribution in [0, 0.1) is 0 Å². The van der Waals surface area contributed by atoms with Crippen molar-refractivity contribution in [3.8, 4) is 33.5 Å². The third kappa shape index (κ3) is 2.69. The summed E-state index contributed by atoms with van der Waals surface area (Å²) in [5, 5.41) is 22.6. The fourth-order valence-corrected chi connectivity index (χ4v) is 4.08. The number of hydrogen-bond acceptors (Lipinski definition) is 6. The third-order valence-corrected chi connectivity index (χ3v) is 5.62. The number of fused-ring (bicyclic) bond motifs is 2. The Morgan fingerprint density at radius 1 is 0.828 bits per heavy atom. The van der Waals surface area contributed by atoms with Crippen LogP contribution in [0.3, 0.4) is 0 Å². The highest BCUT2D eigenvalue weighted by Crippen LogP contribution is 2.29. The number of aromatic amines is 1. The second kappa shape index (κ2) is 6.32. The molecule has 0 bridgehead atoms. The number of para-hydroxylation sites is 1. The summed E-state index contributed by atoms with van der Waals surface area (Å²) in [7, 11) is 0. The van der Waals surface area contributed by atoms with E-state index in [0.717, 1.165) is 38.6 Å². The molecule has 0 amide bonds. The molecule has 29 heavy (non-hydrogen) atoms. The summed E-state index contributed by atoms with van der Waals surface area (Å²) in [6, 6.07) is 24.0.